The first kappa shape index (κ1) is 20.3. The standard InChI is InChI=1S/C20H26ClN3O2S/c1-14-5-6-16(21)12-17(14)23-20(25)15(2)22-13-18(19-4-3-11-27-19)24-7-9-26-10-8-24/h3-6,11-12,15,18,22H,7-10,13H2,1-2H3,(H,23,25)/t15-,18-/m0/s1. The van der Waals surface area contributed by atoms with Gasteiger partial charge in [0.15, 0.2) is 0 Å². The van der Waals surface area contributed by atoms with Crippen LogP contribution in [0.2, 0.25) is 5.02 Å². The summed E-state index contributed by atoms with van der Waals surface area (Å²) in [6, 6.07) is 9.68. The third-order valence-electron chi connectivity index (χ3n) is 4.83. The molecule has 5 nitrogen and oxygen atoms in total. The van der Waals surface area contributed by atoms with Crippen LogP contribution in [0.3, 0.4) is 0 Å². The van der Waals surface area contributed by atoms with E-state index in [1.54, 1.807) is 17.4 Å². The Kier molecular flexibility index (Phi) is 7.26. The molecule has 1 aromatic heterocycles. The molecule has 1 aliphatic heterocycles. The van der Waals surface area contributed by atoms with Crippen LogP contribution in [0.15, 0.2) is 35.7 Å². The minimum Gasteiger partial charge on any atom is -0.379 e. The van der Waals surface area contributed by atoms with Crippen molar-refractivity contribution in [1.29, 1.82) is 0 Å². The van der Waals surface area contributed by atoms with Crippen molar-refractivity contribution >= 4 is 34.5 Å². The molecule has 0 bridgehead atoms. The predicted molar refractivity (Wildman–Crippen MR) is 112 cm³/mol. The van der Waals surface area contributed by atoms with Crippen molar-refractivity contribution in [2.75, 3.05) is 38.2 Å². The van der Waals surface area contributed by atoms with Crippen molar-refractivity contribution in [3.8, 4) is 0 Å². The zero-order valence-corrected chi connectivity index (χ0v) is 17.3. The van der Waals surface area contributed by atoms with E-state index in [-0.39, 0.29) is 18.0 Å². The van der Waals surface area contributed by atoms with E-state index in [0.717, 1.165) is 37.6 Å². The van der Waals surface area contributed by atoms with E-state index in [9.17, 15) is 4.79 Å². The molecule has 27 heavy (non-hydrogen) atoms. The Hall–Kier alpha value is -1.44. The number of hydrogen-bond donors (Lipinski definition) is 2. The number of rotatable bonds is 7. The first-order valence-corrected chi connectivity index (χ1v) is 10.5. The highest BCUT2D eigenvalue weighted by Gasteiger charge is 2.25. The average molecular weight is 408 g/mol. The maximum absolute atomic E-state index is 12.6. The summed E-state index contributed by atoms with van der Waals surface area (Å²) in [6.45, 7) is 7.88. The molecule has 0 spiro atoms. The van der Waals surface area contributed by atoms with E-state index >= 15 is 0 Å². The number of carbonyl (C=O) groups excluding carboxylic acids is 1. The molecule has 0 radical (unpaired) electrons. The third kappa shape index (κ3) is 5.53. The van der Waals surface area contributed by atoms with Crippen molar-refractivity contribution in [2.45, 2.75) is 25.9 Å². The molecule has 0 aliphatic carbocycles. The second-order valence-electron chi connectivity index (χ2n) is 6.76. The summed E-state index contributed by atoms with van der Waals surface area (Å²) in [7, 11) is 0. The van der Waals surface area contributed by atoms with Gasteiger partial charge >= 0.3 is 0 Å². The number of carbonyl (C=O) groups is 1. The largest absolute Gasteiger partial charge is 0.379 e. The number of halogens is 1. The molecular weight excluding hydrogens is 382 g/mol. The minimum atomic E-state index is -0.313. The van der Waals surface area contributed by atoms with Crippen LogP contribution >= 0.6 is 22.9 Å². The van der Waals surface area contributed by atoms with Crippen molar-refractivity contribution in [2.24, 2.45) is 0 Å². The number of nitrogens with one attached hydrogen (secondary N) is 2. The Morgan fingerprint density at radius 1 is 1.33 bits per heavy atom. The normalized spacial score (nSPS) is 17.4. The topological polar surface area (TPSA) is 53.6 Å². The monoisotopic (exact) mass is 407 g/mol. The molecule has 1 saturated heterocycles. The van der Waals surface area contributed by atoms with E-state index in [4.69, 9.17) is 16.3 Å². The number of benzene rings is 1. The molecule has 2 heterocycles. The number of hydrogen-bond acceptors (Lipinski definition) is 5. The molecule has 1 amide bonds. The fourth-order valence-electron chi connectivity index (χ4n) is 3.13. The van der Waals surface area contributed by atoms with Crippen LogP contribution in [0.5, 0.6) is 0 Å². The molecule has 3 rings (SSSR count). The lowest BCUT2D eigenvalue weighted by Crippen LogP contribution is -2.46. The molecule has 1 aromatic carbocycles. The van der Waals surface area contributed by atoms with Gasteiger partial charge in [-0.05, 0) is 43.0 Å². The maximum atomic E-state index is 12.6. The van der Waals surface area contributed by atoms with Crippen molar-refractivity contribution in [1.82, 2.24) is 10.2 Å². The first-order valence-electron chi connectivity index (χ1n) is 9.20. The van der Waals surface area contributed by atoms with Gasteiger partial charge in [0, 0.05) is 35.2 Å². The van der Waals surface area contributed by atoms with Crippen LogP contribution < -0.4 is 10.6 Å². The molecule has 146 valence electrons. The van der Waals surface area contributed by atoms with Crippen LogP contribution in [0.1, 0.15) is 23.4 Å². The molecule has 0 saturated carbocycles. The number of morpholine rings is 1. The molecule has 2 atom stereocenters. The Morgan fingerprint density at radius 3 is 2.81 bits per heavy atom. The second kappa shape index (κ2) is 9.66. The lowest BCUT2D eigenvalue weighted by atomic mass is 10.1. The number of anilines is 1. The highest BCUT2D eigenvalue weighted by atomic mass is 35.5. The molecular formula is C20H26ClN3O2S. The number of nitrogens with zero attached hydrogens (tertiary/aromatic N) is 1. The number of aryl methyl sites for hydroxylation is 1. The van der Waals surface area contributed by atoms with Gasteiger partial charge in [0.1, 0.15) is 0 Å². The quantitative estimate of drug-likeness (QED) is 0.734. The fourth-order valence-corrected chi connectivity index (χ4v) is 4.16. The molecule has 0 unspecified atom stereocenters. The van der Waals surface area contributed by atoms with Crippen molar-refractivity contribution in [3.63, 3.8) is 0 Å². The Labute approximate surface area is 169 Å². The van der Waals surface area contributed by atoms with E-state index in [2.05, 4.69) is 33.0 Å². The van der Waals surface area contributed by atoms with E-state index < -0.39 is 0 Å². The van der Waals surface area contributed by atoms with Gasteiger partial charge in [-0.2, -0.15) is 0 Å². The summed E-state index contributed by atoms with van der Waals surface area (Å²) in [6.07, 6.45) is 0. The summed E-state index contributed by atoms with van der Waals surface area (Å²) < 4.78 is 5.48. The maximum Gasteiger partial charge on any atom is 0.241 e. The van der Waals surface area contributed by atoms with Crippen LogP contribution in [0.4, 0.5) is 5.69 Å². The Bertz CT molecular complexity index is 748. The summed E-state index contributed by atoms with van der Waals surface area (Å²) in [4.78, 5) is 16.3. The van der Waals surface area contributed by atoms with Gasteiger partial charge in [0.25, 0.3) is 0 Å². The summed E-state index contributed by atoms with van der Waals surface area (Å²) >= 11 is 7.80. The van der Waals surface area contributed by atoms with Crippen LogP contribution in [0.25, 0.3) is 0 Å². The van der Waals surface area contributed by atoms with Crippen molar-refractivity contribution in [3.05, 3.63) is 51.2 Å². The highest BCUT2D eigenvalue weighted by molar-refractivity contribution is 7.10. The SMILES string of the molecule is Cc1ccc(Cl)cc1NC(=O)[C@H](C)NC[C@@H](c1cccs1)N1CCOCC1. The van der Waals surface area contributed by atoms with Gasteiger partial charge in [-0.3, -0.25) is 9.69 Å². The molecule has 1 aliphatic rings. The minimum absolute atomic E-state index is 0.0627. The van der Waals surface area contributed by atoms with Crippen LogP contribution in [0, 0.1) is 6.92 Å². The van der Waals surface area contributed by atoms with Gasteiger partial charge in [-0.1, -0.05) is 23.7 Å². The molecule has 2 aromatic rings. The highest BCUT2D eigenvalue weighted by Crippen LogP contribution is 2.25. The predicted octanol–water partition coefficient (Wildman–Crippen LogP) is 3.70. The Balaban J connectivity index is 1.60. The number of thiophene rings is 1. The lowest BCUT2D eigenvalue weighted by Gasteiger charge is -2.34. The summed E-state index contributed by atoms with van der Waals surface area (Å²) in [5.74, 6) is -0.0627. The average Bonchev–Trinajstić information content (AvgIpc) is 3.20. The smallest absolute Gasteiger partial charge is 0.241 e. The molecule has 7 heteroatoms. The van der Waals surface area contributed by atoms with Crippen LogP contribution in [-0.4, -0.2) is 49.7 Å². The third-order valence-corrected chi connectivity index (χ3v) is 6.03. The summed E-state index contributed by atoms with van der Waals surface area (Å²) in [5.41, 5.74) is 1.74. The molecule has 1 fully saturated rings. The van der Waals surface area contributed by atoms with Crippen molar-refractivity contribution < 1.29 is 9.53 Å². The summed E-state index contributed by atoms with van der Waals surface area (Å²) in [5, 5.41) is 9.08. The number of amides is 1. The lowest BCUT2D eigenvalue weighted by molar-refractivity contribution is -0.117. The molecule has 2 N–H and O–H groups in total. The fraction of sp³-hybridized carbons (Fsp3) is 0.450. The van der Waals surface area contributed by atoms with Gasteiger partial charge < -0.3 is 15.4 Å². The van der Waals surface area contributed by atoms with E-state index in [0.29, 0.717) is 11.6 Å². The van der Waals surface area contributed by atoms with Gasteiger partial charge in [-0.25, -0.2) is 0 Å². The van der Waals surface area contributed by atoms with E-state index in [1.807, 2.05) is 26.0 Å². The van der Waals surface area contributed by atoms with Gasteiger partial charge in [0.2, 0.25) is 5.91 Å². The van der Waals surface area contributed by atoms with Crippen LogP contribution in [-0.2, 0) is 9.53 Å². The van der Waals surface area contributed by atoms with Gasteiger partial charge in [0.05, 0.1) is 25.3 Å². The van der Waals surface area contributed by atoms with E-state index in [1.165, 1.54) is 4.88 Å². The number of ether oxygens (including phenoxy) is 1. The zero-order valence-electron chi connectivity index (χ0n) is 15.7. The second-order valence-corrected chi connectivity index (χ2v) is 8.17. The zero-order chi connectivity index (χ0) is 19.2. The Morgan fingerprint density at radius 2 is 2.11 bits per heavy atom. The van der Waals surface area contributed by atoms with Gasteiger partial charge in [-0.15, -0.1) is 11.3 Å². The first-order chi connectivity index (χ1) is 13.0.